The number of halogens is 1. The topological polar surface area (TPSA) is 42.2 Å². The molecule has 0 fully saturated rings. The van der Waals surface area contributed by atoms with Crippen molar-refractivity contribution >= 4 is 16.9 Å². The number of aromatic nitrogens is 1. The number of hydrogen-bond acceptors (Lipinski definition) is 1. The van der Waals surface area contributed by atoms with Gasteiger partial charge < -0.3 is 9.67 Å². The fraction of sp³-hybridized carbons (Fsp3) is 0.154. The molecule has 0 saturated carbocycles. The van der Waals surface area contributed by atoms with Crippen molar-refractivity contribution in [1.82, 2.24) is 4.57 Å². The van der Waals surface area contributed by atoms with Gasteiger partial charge in [0.1, 0.15) is 5.82 Å². The minimum absolute atomic E-state index is 0.204. The highest BCUT2D eigenvalue weighted by atomic mass is 19.1. The third kappa shape index (κ3) is 2.20. The van der Waals surface area contributed by atoms with E-state index in [9.17, 15) is 9.18 Å². The Morgan fingerprint density at radius 1 is 1.41 bits per heavy atom. The van der Waals surface area contributed by atoms with Gasteiger partial charge >= 0.3 is 5.97 Å². The largest absolute Gasteiger partial charge is 0.478 e. The summed E-state index contributed by atoms with van der Waals surface area (Å²) in [7, 11) is 1.70. The lowest BCUT2D eigenvalue weighted by Crippen LogP contribution is -1.94. The summed E-state index contributed by atoms with van der Waals surface area (Å²) in [5, 5.41) is 9.52. The van der Waals surface area contributed by atoms with Crippen LogP contribution in [0.4, 0.5) is 4.39 Å². The van der Waals surface area contributed by atoms with Gasteiger partial charge in [0.2, 0.25) is 0 Å². The molecule has 4 heteroatoms. The number of hydrogen-bond donors (Lipinski definition) is 1. The summed E-state index contributed by atoms with van der Waals surface area (Å²) >= 11 is 0. The molecule has 1 aromatic carbocycles. The van der Waals surface area contributed by atoms with Crippen LogP contribution >= 0.6 is 0 Å². The van der Waals surface area contributed by atoms with Crippen LogP contribution in [-0.2, 0) is 7.05 Å². The third-order valence-corrected chi connectivity index (χ3v) is 2.50. The molecule has 0 aliphatic heterocycles. The van der Waals surface area contributed by atoms with Gasteiger partial charge in [-0.15, -0.1) is 13.2 Å². The lowest BCUT2D eigenvalue weighted by molar-refractivity contribution is 0.0699. The normalized spacial score (nSPS) is 9.82. The zero-order valence-corrected chi connectivity index (χ0v) is 9.83. The van der Waals surface area contributed by atoms with E-state index in [1.807, 2.05) is 0 Å². The summed E-state index contributed by atoms with van der Waals surface area (Å²) < 4.78 is 14.9. The number of benzene rings is 1. The van der Waals surface area contributed by atoms with E-state index in [0.717, 1.165) is 0 Å². The second kappa shape index (κ2) is 4.82. The van der Waals surface area contributed by atoms with Crippen molar-refractivity contribution in [3.63, 3.8) is 0 Å². The lowest BCUT2D eigenvalue weighted by Gasteiger charge is -1.99. The van der Waals surface area contributed by atoms with Crippen LogP contribution in [0, 0.1) is 12.7 Å². The second-order valence-corrected chi connectivity index (χ2v) is 3.58. The molecule has 0 unspecified atom stereocenters. The van der Waals surface area contributed by atoms with Gasteiger partial charge in [-0.1, -0.05) is 0 Å². The van der Waals surface area contributed by atoms with E-state index in [1.165, 1.54) is 12.3 Å². The molecule has 0 bridgehead atoms. The predicted octanol–water partition coefficient (Wildman–Crippen LogP) is 3.13. The molecule has 17 heavy (non-hydrogen) atoms. The zero-order valence-electron chi connectivity index (χ0n) is 9.83. The molecule has 0 atom stereocenters. The average molecular weight is 235 g/mol. The SMILES string of the molecule is C=C.Cc1cc2c(C(=O)O)cn(C)c2cc1F. The summed E-state index contributed by atoms with van der Waals surface area (Å²) in [6.07, 6.45) is 1.49. The van der Waals surface area contributed by atoms with Crippen LogP contribution in [0.25, 0.3) is 10.9 Å². The highest BCUT2D eigenvalue weighted by molar-refractivity contribution is 6.03. The van der Waals surface area contributed by atoms with Gasteiger partial charge in [-0.3, -0.25) is 0 Å². The molecule has 1 aromatic heterocycles. The zero-order chi connectivity index (χ0) is 13.2. The number of carboxylic acids is 1. The van der Waals surface area contributed by atoms with Crippen LogP contribution in [0.5, 0.6) is 0 Å². The molecule has 90 valence electrons. The number of carboxylic acid groups (broad SMARTS) is 1. The minimum atomic E-state index is -0.994. The monoisotopic (exact) mass is 235 g/mol. The molecule has 2 aromatic rings. The van der Waals surface area contributed by atoms with Crippen molar-refractivity contribution in [2.75, 3.05) is 0 Å². The van der Waals surface area contributed by atoms with Crippen LogP contribution < -0.4 is 0 Å². The Morgan fingerprint density at radius 3 is 2.53 bits per heavy atom. The highest BCUT2D eigenvalue weighted by Crippen LogP contribution is 2.23. The van der Waals surface area contributed by atoms with E-state index in [1.54, 1.807) is 24.6 Å². The Hall–Kier alpha value is -2.10. The molecule has 0 aliphatic carbocycles. The Labute approximate surface area is 98.8 Å². The first-order valence-electron chi connectivity index (χ1n) is 4.99. The van der Waals surface area contributed by atoms with E-state index >= 15 is 0 Å². The number of nitrogens with zero attached hydrogens (tertiary/aromatic N) is 1. The smallest absolute Gasteiger partial charge is 0.337 e. The maximum absolute atomic E-state index is 13.3. The van der Waals surface area contributed by atoms with E-state index in [-0.39, 0.29) is 11.4 Å². The summed E-state index contributed by atoms with van der Waals surface area (Å²) in [5.41, 5.74) is 1.25. The summed E-state index contributed by atoms with van der Waals surface area (Å²) in [4.78, 5) is 10.9. The maximum Gasteiger partial charge on any atom is 0.337 e. The lowest BCUT2D eigenvalue weighted by atomic mass is 10.1. The Bertz CT molecular complexity index is 572. The van der Waals surface area contributed by atoms with Gasteiger partial charge in [-0.25, -0.2) is 9.18 Å². The molecule has 1 heterocycles. The molecule has 1 N–H and O–H groups in total. The van der Waals surface area contributed by atoms with Crippen molar-refractivity contribution in [1.29, 1.82) is 0 Å². The van der Waals surface area contributed by atoms with Crippen LogP contribution in [-0.4, -0.2) is 15.6 Å². The third-order valence-electron chi connectivity index (χ3n) is 2.50. The van der Waals surface area contributed by atoms with Crippen LogP contribution in [0.3, 0.4) is 0 Å². The number of fused-ring (bicyclic) bond motifs is 1. The second-order valence-electron chi connectivity index (χ2n) is 3.58. The van der Waals surface area contributed by atoms with Crippen molar-refractivity contribution in [2.45, 2.75) is 6.92 Å². The molecule has 0 spiro atoms. The fourth-order valence-electron chi connectivity index (χ4n) is 1.68. The Kier molecular flexibility index (Phi) is 3.68. The van der Waals surface area contributed by atoms with Crippen molar-refractivity contribution in [2.24, 2.45) is 7.05 Å². The van der Waals surface area contributed by atoms with Crippen LogP contribution in [0.2, 0.25) is 0 Å². The summed E-state index contributed by atoms with van der Waals surface area (Å²) in [6, 6.07) is 2.92. The number of rotatable bonds is 1. The van der Waals surface area contributed by atoms with Crippen LogP contribution in [0.1, 0.15) is 15.9 Å². The van der Waals surface area contributed by atoms with Gasteiger partial charge in [0.05, 0.1) is 11.1 Å². The first kappa shape index (κ1) is 13.0. The average Bonchev–Trinajstić information content (AvgIpc) is 2.60. The number of aromatic carboxylic acids is 1. The molecular weight excluding hydrogens is 221 g/mol. The van der Waals surface area contributed by atoms with Crippen molar-refractivity contribution in [3.8, 4) is 0 Å². The molecule has 3 nitrogen and oxygen atoms in total. The highest BCUT2D eigenvalue weighted by Gasteiger charge is 2.14. The van der Waals surface area contributed by atoms with Crippen LogP contribution in [0.15, 0.2) is 31.5 Å². The van der Waals surface area contributed by atoms with E-state index in [4.69, 9.17) is 5.11 Å². The molecule has 2 rings (SSSR count). The first-order valence-corrected chi connectivity index (χ1v) is 4.99. The van der Waals surface area contributed by atoms with E-state index < -0.39 is 5.97 Å². The van der Waals surface area contributed by atoms with E-state index in [0.29, 0.717) is 16.5 Å². The minimum Gasteiger partial charge on any atom is -0.478 e. The van der Waals surface area contributed by atoms with Gasteiger partial charge in [0.25, 0.3) is 0 Å². The standard InChI is InChI=1S/C11H10FNO2.C2H4/c1-6-3-7-8(11(14)15)5-13(2)10(7)4-9(6)12;1-2/h3-5H,1-2H3,(H,14,15);1-2H2. The Morgan fingerprint density at radius 2 is 2.00 bits per heavy atom. The van der Waals surface area contributed by atoms with Gasteiger partial charge in [0.15, 0.2) is 0 Å². The fourth-order valence-corrected chi connectivity index (χ4v) is 1.68. The first-order chi connectivity index (χ1) is 8.00. The van der Waals surface area contributed by atoms with Gasteiger partial charge in [0, 0.05) is 18.6 Å². The molecule has 0 aliphatic rings. The Balaban J connectivity index is 0.000000686. The molecule has 0 amide bonds. The van der Waals surface area contributed by atoms with Gasteiger partial charge in [-0.2, -0.15) is 0 Å². The predicted molar refractivity (Wildman–Crippen MR) is 65.8 cm³/mol. The molecular formula is C13H14FNO2. The summed E-state index contributed by atoms with van der Waals surface area (Å²) in [5.74, 6) is -1.31. The number of carbonyl (C=O) groups is 1. The molecule has 0 saturated heterocycles. The maximum atomic E-state index is 13.3. The quantitative estimate of drug-likeness (QED) is 0.771. The van der Waals surface area contributed by atoms with Gasteiger partial charge in [-0.05, 0) is 24.6 Å². The van der Waals surface area contributed by atoms with E-state index in [2.05, 4.69) is 13.2 Å². The van der Waals surface area contributed by atoms with Crippen molar-refractivity contribution < 1.29 is 14.3 Å². The summed E-state index contributed by atoms with van der Waals surface area (Å²) in [6.45, 7) is 7.62. The van der Waals surface area contributed by atoms with Crippen molar-refractivity contribution in [3.05, 3.63) is 48.4 Å². The number of aryl methyl sites for hydroxylation is 2. The molecule has 0 radical (unpaired) electrons.